The Bertz CT molecular complexity index is 586. The monoisotopic (exact) mass is 367 g/mol. The lowest BCUT2D eigenvalue weighted by molar-refractivity contribution is 0.317. The Kier molecular flexibility index (Phi) is 6.09. The lowest BCUT2D eigenvalue weighted by atomic mass is 9.99. The van der Waals surface area contributed by atoms with Crippen molar-refractivity contribution in [3.8, 4) is 5.75 Å². The third-order valence-corrected chi connectivity index (χ3v) is 4.08. The highest BCUT2D eigenvalue weighted by molar-refractivity contribution is 9.10. The fourth-order valence-corrected chi connectivity index (χ4v) is 2.82. The van der Waals surface area contributed by atoms with Gasteiger partial charge in [0.05, 0.1) is 12.6 Å². The highest BCUT2D eigenvalue weighted by Crippen LogP contribution is 2.31. The third kappa shape index (κ3) is 4.22. The molecule has 2 nitrogen and oxygen atoms in total. The van der Waals surface area contributed by atoms with Crippen LogP contribution in [0, 0.1) is 0 Å². The van der Waals surface area contributed by atoms with Crippen LogP contribution in [-0.2, 0) is 0 Å². The highest BCUT2D eigenvalue weighted by atomic mass is 79.9. The van der Waals surface area contributed by atoms with Crippen molar-refractivity contribution in [2.75, 3.05) is 13.7 Å². The normalized spacial score (nSPS) is 12.2. The summed E-state index contributed by atoms with van der Waals surface area (Å²) in [6.07, 6.45) is 1.01. The van der Waals surface area contributed by atoms with E-state index >= 15 is 0 Å². The number of halogens is 2. The van der Waals surface area contributed by atoms with E-state index in [2.05, 4.69) is 40.3 Å². The van der Waals surface area contributed by atoms with Crippen LogP contribution < -0.4 is 10.1 Å². The molecule has 0 aliphatic heterocycles. The fourth-order valence-electron chi connectivity index (χ4n) is 2.21. The first kappa shape index (κ1) is 16.3. The van der Waals surface area contributed by atoms with Crippen molar-refractivity contribution in [1.82, 2.24) is 5.32 Å². The average molecular weight is 369 g/mol. The van der Waals surface area contributed by atoms with Crippen molar-refractivity contribution in [3.05, 3.63) is 63.1 Å². The molecule has 21 heavy (non-hydrogen) atoms. The first-order valence-corrected chi connectivity index (χ1v) is 8.17. The number of nitrogens with one attached hydrogen (secondary N) is 1. The summed E-state index contributed by atoms with van der Waals surface area (Å²) in [4.78, 5) is 0. The molecule has 1 atom stereocenters. The van der Waals surface area contributed by atoms with Crippen LogP contribution >= 0.6 is 27.5 Å². The van der Waals surface area contributed by atoms with E-state index in [1.54, 1.807) is 0 Å². The van der Waals surface area contributed by atoms with Gasteiger partial charge < -0.3 is 10.1 Å². The Morgan fingerprint density at radius 3 is 2.52 bits per heavy atom. The van der Waals surface area contributed by atoms with Crippen LogP contribution in [0.2, 0.25) is 5.02 Å². The molecular weight excluding hydrogens is 350 g/mol. The van der Waals surface area contributed by atoms with E-state index in [4.69, 9.17) is 16.3 Å². The second-order valence-electron chi connectivity index (χ2n) is 4.81. The predicted octanol–water partition coefficient (Wildman–Crippen LogP) is 5.20. The Morgan fingerprint density at radius 2 is 1.90 bits per heavy atom. The molecule has 1 unspecified atom stereocenters. The van der Waals surface area contributed by atoms with Crippen molar-refractivity contribution < 1.29 is 4.74 Å². The maximum absolute atomic E-state index is 6.33. The summed E-state index contributed by atoms with van der Waals surface area (Å²) in [7, 11) is 1.93. The van der Waals surface area contributed by atoms with Crippen LogP contribution in [0.3, 0.4) is 0 Å². The van der Waals surface area contributed by atoms with E-state index in [1.807, 2.05) is 37.4 Å². The van der Waals surface area contributed by atoms with Gasteiger partial charge in [0.2, 0.25) is 0 Å². The molecule has 2 aromatic carbocycles. The summed E-state index contributed by atoms with van der Waals surface area (Å²) < 4.78 is 6.64. The van der Waals surface area contributed by atoms with Gasteiger partial charge in [-0.25, -0.2) is 0 Å². The van der Waals surface area contributed by atoms with Gasteiger partial charge in [0.1, 0.15) is 5.75 Å². The van der Waals surface area contributed by atoms with Crippen molar-refractivity contribution in [1.29, 1.82) is 0 Å². The van der Waals surface area contributed by atoms with Gasteiger partial charge in [0.15, 0.2) is 0 Å². The van der Waals surface area contributed by atoms with Gasteiger partial charge in [0, 0.05) is 9.50 Å². The molecular formula is C17H19BrClNO. The van der Waals surface area contributed by atoms with E-state index in [1.165, 1.54) is 0 Å². The standard InChI is InChI=1S/C17H19BrClNO/c1-3-10-21-14-7-4-12(5-8-14)17(20-2)15-11-13(18)6-9-16(15)19/h4-9,11,17,20H,3,10H2,1-2H3. The maximum Gasteiger partial charge on any atom is 0.119 e. The summed E-state index contributed by atoms with van der Waals surface area (Å²) in [5.41, 5.74) is 2.21. The van der Waals surface area contributed by atoms with E-state index < -0.39 is 0 Å². The van der Waals surface area contributed by atoms with Gasteiger partial charge in [0.25, 0.3) is 0 Å². The molecule has 0 saturated heterocycles. The van der Waals surface area contributed by atoms with Crippen LogP contribution in [0.1, 0.15) is 30.5 Å². The lowest BCUT2D eigenvalue weighted by Gasteiger charge is -2.19. The topological polar surface area (TPSA) is 21.3 Å². The molecule has 2 aromatic rings. The summed E-state index contributed by atoms with van der Waals surface area (Å²) >= 11 is 9.83. The van der Waals surface area contributed by atoms with Crippen LogP contribution in [-0.4, -0.2) is 13.7 Å². The van der Waals surface area contributed by atoms with Gasteiger partial charge in [-0.1, -0.05) is 46.6 Å². The molecule has 0 heterocycles. The zero-order chi connectivity index (χ0) is 15.2. The molecule has 2 rings (SSSR count). The highest BCUT2D eigenvalue weighted by Gasteiger charge is 2.15. The molecule has 1 N–H and O–H groups in total. The molecule has 0 aliphatic rings. The molecule has 0 amide bonds. The third-order valence-electron chi connectivity index (χ3n) is 3.24. The molecule has 0 aliphatic carbocycles. The van der Waals surface area contributed by atoms with Crippen LogP contribution in [0.25, 0.3) is 0 Å². The minimum absolute atomic E-state index is 0.0511. The molecule has 0 spiro atoms. The van der Waals surface area contributed by atoms with Crippen molar-refractivity contribution in [3.63, 3.8) is 0 Å². The lowest BCUT2D eigenvalue weighted by Crippen LogP contribution is -2.18. The molecule has 0 radical (unpaired) electrons. The first-order chi connectivity index (χ1) is 10.2. The van der Waals surface area contributed by atoms with Gasteiger partial charge in [-0.05, 0) is 54.9 Å². The number of hydrogen-bond donors (Lipinski definition) is 1. The van der Waals surface area contributed by atoms with Gasteiger partial charge in [-0.2, -0.15) is 0 Å². The number of benzene rings is 2. The molecule has 0 saturated carbocycles. The van der Waals surface area contributed by atoms with Gasteiger partial charge >= 0.3 is 0 Å². The predicted molar refractivity (Wildman–Crippen MR) is 92.3 cm³/mol. The fraction of sp³-hybridized carbons (Fsp3) is 0.294. The first-order valence-electron chi connectivity index (χ1n) is 7.00. The summed E-state index contributed by atoms with van der Waals surface area (Å²) in [5.74, 6) is 0.899. The average Bonchev–Trinajstić information content (AvgIpc) is 2.50. The van der Waals surface area contributed by atoms with E-state index in [0.717, 1.165) is 39.4 Å². The second-order valence-corrected chi connectivity index (χ2v) is 6.13. The molecule has 0 bridgehead atoms. The van der Waals surface area contributed by atoms with E-state index in [0.29, 0.717) is 0 Å². The van der Waals surface area contributed by atoms with Crippen LogP contribution in [0.15, 0.2) is 46.9 Å². The summed E-state index contributed by atoms with van der Waals surface area (Å²) in [5, 5.41) is 4.07. The van der Waals surface area contributed by atoms with Gasteiger partial charge in [-0.3, -0.25) is 0 Å². The molecule has 4 heteroatoms. The SMILES string of the molecule is CCCOc1ccc(C(NC)c2cc(Br)ccc2Cl)cc1. The Labute approximate surface area is 139 Å². The second kappa shape index (κ2) is 7.83. The summed E-state index contributed by atoms with van der Waals surface area (Å²) in [6, 6.07) is 14.1. The Balaban J connectivity index is 2.26. The Hall–Kier alpha value is -1.03. The van der Waals surface area contributed by atoms with Gasteiger partial charge in [-0.15, -0.1) is 0 Å². The number of ether oxygens (including phenoxy) is 1. The molecule has 0 aromatic heterocycles. The largest absolute Gasteiger partial charge is 0.494 e. The number of hydrogen-bond acceptors (Lipinski definition) is 2. The van der Waals surface area contributed by atoms with E-state index in [-0.39, 0.29) is 6.04 Å². The van der Waals surface area contributed by atoms with Crippen LogP contribution in [0.5, 0.6) is 5.75 Å². The van der Waals surface area contributed by atoms with Crippen molar-refractivity contribution in [2.24, 2.45) is 0 Å². The zero-order valence-corrected chi connectivity index (χ0v) is 14.5. The molecule has 0 fully saturated rings. The quantitative estimate of drug-likeness (QED) is 0.756. The zero-order valence-electron chi connectivity index (χ0n) is 12.2. The number of rotatable bonds is 6. The smallest absolute Gasteiger partial charge is 0.119 e. The van der Waals surface area contributed by atoms with E-state index in [9.17, 15) is 0 Å². The Morgan fingerprint density at radius 1 is 1.19 bits per heavy atom. The minimum atomic E-state index is 0.0511. The molecule has 112 valence electrons. The van der Waals surface area contributed by atoms with Crippen molar-refractivity contribution in [2.45, 2.75) is 19.4 Å². The minimum Gasteiger partial charge on any atom is -0.494 e. The maximum atomic E-state index is 6.33. The van der Waals surface area contributed by atoms with Crippen LogP contribution in [0.4, 0.5) is 0 Å². The van der Waals surface area contributed by atoms with Crippen molar-refractivity contribution >= 4 is 27.5 Å². The summed E-state index contributed by atoms with van der Waals surface area (Å²) in [6.45, 7) is 2.84.